The normalized spacial score (nSPS) is 10.6. The van der Waals surface area contributed by atoms with Crippen LogP contribution in [0.25, 0.3) is 22.4 Å². The topological polar surface area (TPSA) is 53.1 Å². The van der Waals surface area contributed by atoms with Gasteiger partial charge in [0, 0.05) is 17.3 Å². The van der Waals surface area contributed by atoms with Crippen molar-refractivity contribution in [2.75, 3.05) is 12.3 Å². The van der Waals surface area contributed by atoms with Gasteiger partial charge in [-0.3, -0.25) is 0 Å². The number of hydrogen-bond acceptors (Lipinski definition) is 3. The van der Waals surface area contributed by atoms with E-state index in [9.17, 15) is 0 Å². The van der Waals surface area contributed by atoms with E-state index in [0.717, 1.165) is 34.6 Å². The van der Waals surface area contributed by atoms with Gasteiger partial charge in [-0.2, -0.15) is 0 Å². The third-order valence-electron chi connectivity index (χ3n) is 3.59. The number of imidazole rings is 1. The lowest BCUT2D eigenvalue weighted by molar-refractivity contribution is 0.318. The molecule has 0 aliphatic heterocycles. The van der Waals surface area contributed by atoms with Gasteiger partial charge in [-0.05, 0) is 30.7 Å². The van der Waals surface area contributed by atoms with Crippen LogP contribution in [-0.2, 0) is 6.54 Å². The fraction of sp³-hybridized carbons (Fsp3) is 0.211. The van der Waals surface area contributed by atoms with E-state index in [1.54, 1.807) is 0 Å². The molecule has 0 aliphatic rings. The number of terminal acetylenes is 1. The van der Waals surface area contributed by atoms with E-state index in [0.29, 0.717) is 18.8 Å². The molecule has 0 aliphatic carbocycles. The second kappa shape index (κ2) is 6.45. The number of ether oxygens (including phenoxy) is 1. The van der Waals surface area contributed by atoms with E-state index in [1.807, 2.05) is 47.0 Å². The monoisotopic (exact) mass is 305 g/mol. The number of rotatable bonds is 5. The van der Waals surface area contributed by atoms with Crippen molar-refractivity contribution >= 4 is 16.7 Å². The fourth-order valence-electron chi connectivity index (χ4n) is 2.57. The van der Waals surface area contributed by atoms with Gasteiger partial charge in [-0.1, -0.05) is 25.0 Å². The molecule has 0 fully saturated rings. The summed E-state index contributed by atoms with van der Waals surface area (Å²) in [5.74, 6) is 4.34. The molecule has 0 bridgehead atoms. The second-order valence-corrected chi connectivity index (χ2v) is 5.35. The third kappa shape index (κ3) is 3.00. The predicted molar refractivity (Wildman–Crippen MR) is 94.2 cm³/mol. The van der Waals surface area contributed by atoms with Crippen molar-refractivity contribution in [1.82, 2.24) is 9.55 Å². The van der Waals surface area contributed by atoms with Gasteiger partial charge in [0.15, 0.2) is 0 Å². The Morgan fingerprint density at radius 2 is 2.13 bits per heavy atom. The Morgan fingerprint density at radius 3 is 2.87 bits per heavy atom. The van der Waals surface area contributed by atoms with Crippen LogP contribution in [0, 0.1) is 12.3 Å². The van der Waals surface area contributed by atoms with Crippen LogP contribution in [0.15, 0.2) is 42.5 Å². The highest BCUT2D eigenvalue weighted by Crippen LogP contribution is 2.28. The maximum absolute atomic E-state index is 5.90. The largest absolute Gasteiger partial charge is 0.494 e. The highest BCUT2D eigenvalue weighted by atomic mass is 16.5. The van der Waals surface area contributed by atoms with Crippen LogP contribution in [0.1, 0.15) is 13.3 Å². The minimum absolute atomic E-state index is 0.454. The van der Waals surface area contributed by atoms with Crippen molar-refractivity contribution in [2.45, 2.75) is 19.9 Å². The van der Waals surface area contributed by atoms with Crippen LogP contribution in [0.4, 0.5) is 5.69 Å². The van der Waals surface area contributed by atoms with Crippen LogP contribution in [0.5, 0.6) is 5.75 Å². The van der Waals surface area contributed by atoms with E-state index in [2.05, 4.69) is 12.8 Å². The molecule has 3 rings (SSSR count). The van der Waals surface area contributed by atoms with Gasteiger partial charge in [0.25, 0.3) is 0 Å². The molecule has 1 heterocycles. The Hall–Kier alpha value is -2.93. The number of aromatic nitrogens is 2. The molecule has 0 saturated carbocycles. The van der Waals surface area contributed by atoms with Crippen molar-refractivity contribution in [3.63, 3.8) is 0 Å². The summed E-state index contributed by atoms with van der Waals surface area (Å²) in [5.41, 5.74) is 9.41. The van der Waals surface area contributed by atoms with Gasteiger partial charge >= 0.3 is 0 Å². The highest BCUT2D eigenvalue weighted by molar-refractivity contribution is 5.82. The Kier molecular flexibility index (Phi) is 4.20. The lowest BCUT2D eigenvalue weighted by atomic mass is 10.2. The summed E-state index contributed by atoms with van der Waals surface area (Å²) < 4.78 is 7.71. The zero-order chi connectivity index (χ0) is 16.2. The van der Waals surface area contributed by atoms with E-state index in [1.165, 1.54) is 0 Å². The second-order valence-electron chi connectivity index (χ2n) is 5.35. The first-order valence-corrected chi connectivity index (χ1v) is 7.65. The molecule has 23 heavy (non-hydrogen) atoms. The van der Waals surface area contributed by atoms with Crippen molar-refractivity contribution in [3.05, 3.63) is 42.5 Å². The average molecular weight is 305 g/mol. The lowest BCUT2D eigenvalue weighted by Gasteiger charge is -2.07. The van der Waals surface area contributed by atoms with Gasteiger partial charge in [0.1, 0.15) is 11.6 Å². The van der Waals surface area contributed by atoms with Crippen molar-refractivity contribution in [2.24, 2.45) is 0 Å². The molecule has 2 aromatic carbocycles. The van der Waals surface area contributed by atoms with Crippen LogP contribution in [0.2, 0.25) is 0 Å². The SMILES string of the molecule is C#CCn1c(-c2cccc(N)c2)nc2cc(OCCC)ccc21. The molecule has 4 nitrogen and oxygen atoms in total. The summed E-state index contributed by atoms with van der Waals surface area (Å²) >= 11 is 0. The molecule has 4 heteroatoms. The zero-order valence-electron chi connectivity index (χ0n) is 13.1. The molecule has 1 aromatic heterocycles. The first-order valence-electron chi connectivity index (χ1n) is 7.65. The molecule has 2 N–H and O–H groups in total. The highest BCUT2D eigenvalue weighted by Gasteiger charge is 2.13. The Labute approximate surface area is 135 Å². The summed E-state index contributed by atoms with van der Waals surface area (Å²) in [6, 6.07) is 13.6. The molecule has 0 atom stereocenters. The van der Waals surface area contributed by atoms with Crippen LogP contribution in [0.3, 0.4) is 0 Å². The number of nitrogen functional groups attached to an aromatic ring is 1. The van der Waals surface area contributed by atoms with E-state index in [-0.39, 0.29) is 0 Å². The lowest BCUT2D eigenvalue weighted by Crippen LogP contribution is -1.99. The first kappa shape index (κ1) is 15.0. The van der Waals surface area contributed by atoms with Crippen molar-refractivity contribution < 1.29 is 4.74 Å². The first-order chi connectivity index (χ1) is 11.2. The summed E-state index contributed by atoms with van der Waals surface area (Å²) in [4.78, 5) is 4.74. The number of anilines is 1. The summed E-state index contributed by atoms with van der Waals surface area (Å²) in [6.07, 6.45) is 6.51. The molecule has 116 valence electrons. The molecule has 3 aromatic rings. The number of nitrogens with zero attached hydrogens (tertiary/aromatic N) is 2. The number of nitrogens with two attached hydrogens (primary N) is 1. The minimum Gasteiger partial charge on any atom is -0.494 e. The van der Waals surface area contributed by atoms with Gasteiger partial charge in [-0.25, -0.2) is 4.98 Å². The van der Waals surface area contributed by atoms with Gasteiger partial charge in [-0.15, -0.1) is 6.42 Å². The van der Waals surface area contributed by atoms with E-state index >= 15 is 0 Å². The Bertz CT molecular complexity index is 874. The van der Waals surface area contributed by atoms with Crippen molar-refractivity contribution in [1.29, 1.82) is 0 Å². The van der Waals surface area contributed by atoms with E-state index in [4.69, 9.17) is 21.9 Å². The Morgan fingerprint density at radius 1 is 1.26 bits per heavy atom. The number of fused-ring (bicyclic) bond motifs is 1. The Balaban J connectivity index is 2.13. The maximum Gasteiger partial charge on any atom is 0.142 e. The van der Waals surface area contributed by atoms with Crippen LogP contribution < -0.4 is 10.5 Å². The maximum atomic E-state index is 5.90. The minimum atomic E-state index is 0.454. The zero-order valence-corrected chi connectivity index (χ0v) is 13.1. The smallest absolute Gasteiger partial charge is 0.142 e. The van der Waals surface area contributed by atoms with Crippen LogP contribution >= 0.6 is 0 Å². The van der Waals surface area contributed by atoms with Crippen LogP contribution in [-0.4, -0.2) is 16.2 Å². The molecule has 0 spiro atoms. The molecule has 0 amide bonds. The molecule has 0 radical (unpaired) electrons. The third-order valence-corrected chi connectivity index (χ3v) is 3.59. The fourth-order valence-corrected chi connectivity index (χ4v) is 2.57. The summed E-state index contributed by atoms with van der Waals surface area (Å²) in [7, 11) is 0. The van der Waals surface area contributed by atoms with Gasteiger partial charge in [0.05, 0.1) is 24.2 Å². The molecule has 0 saturated heterocycles. The molecule has 0 unspecified atom stereocenters. The quantitative estimate of drug-likeness (QED) is 0.577. The number of hydrogen-bond donors (Lipinski definition) is 1. The number of benzene rings is 2. The summed E-state index contributed by atoms with van der Waals surface area (Å²) in [6.45, 7) is 3.23. The standard InChI is InChI=1S/C19H19N3O/c1-3-10-22-18-9-8-16(23-11-4-2)13-17(18)21-19(22)14-6-5-7-15(20)12-14/h1,5-9,12-13H,4,10-11,20H2,2H3. The molecular formula is C19H19N3O. The van der Waals surface area contributed by atoms with Gasteiger partial charge in [0.2, 0.25) is 0 Å². The van der Waals surface area contributed by atoms with Crippen molar-refractivity contribution in [3.8, 4) is 29.5 Å². The molecular weight excluding hydrogens is 286 g/mol. The predicted octanol–water partition coefficient (Wildman–Crippen LogP) is 3.71. The van der Waals surface area contributed by atoms with E-state index < -0.39 is 0 Å². The summed E-state index contributed by atoms with van der Waals surface area (Å²) in [5, 5.41) is 0. The van der Waals surface area contributed by atoms with Gasteiger partial charge < -0.3 is 15.0 Å². The average Bonchev–Trinajstić information content (AvgIpc) is 2.91.